The van der Waals surface area contributed by atoms with Gasteiger partial charge in [-0.3, -0.25) is 19.2 Å². The van der Waals surface area contributed by atoms with Crippen molar-refractivity contribution in [2.45, 2.75) is 78.9 Å². The van der Waals surface area contributed by atoms with E-state index in [1.807, 2.05) is 45.9 Å². The van der Waals surface area contributed by atoms with Gasteiger partial charge >= 0.3 is 0 Å². The van der Waals surface area contributed by atoms with Gasteiger partial charge in [0.1, 0.15) is 6.04 Å². The minimum atomic E-state index is -0.937. The van der Waals surface area contributed by atoms with Gasteiger partial charge in [-0.1, -0.05) is 84.4 Å². The molecule has 5 atom stereocenters. The van der Waals surface area contributed by atoms with Gasteiger partial charge in [0.15, 0.2) is 0 Å². The Balaban J connectivity index is 1.77. The van der Waals surface area contributed by atoms with Crippen molar-refractivity contribution >= 4 is 23.5 Å². The number of piperidine rings is 1. The van der Waals surface area contributed by atoms with Crippen LogP contribution >= 0.6 is 0 Å². The highest BCUT2D eigenvalue weighted by molar-refractivity contribution is 6.38. The number of amides is 3. The summed E-state index contributed by atoms with van der Waals surface area (Å²) >= 11 is 0. The number of benzene rings is 1. The number of Topliss-reactive ketones (excluding diaryl/α,β-unsaturated/α-hetero) is 1. The first kappa shape index (κ1) is 30.5. The van der Waals surface area contributed by atoms with E-state index in [1.165, 1.54) is 11.6 Å². The van der Waals surface area contributed by atoms with Crippen LogP contribution in [0.2, 0.25) is 0 Å². The number of likely N-dealkylation sites (tertiary alicyclic amines) is 1. The van der Waals surface area contributed by atoms with Crippen LogP contribution in [0.5, 0.6) is 0 Å². The van der Waals surface area contributed by atoms with E-state index < -0.39 is 29.8 Å². The van der Waals surface area contributed by atoms with Crippen molar-refractivity contribution in [1.82, 2.24) is 20.9 Å². The molecule has 0 aromatic heterocycles. The Morgan fingerprint density at radius 3 is 2.41 bits per heavy atom. The number of hydrogen-bond donors (Lipinski definition) is 3. The lowest BCUT2D eigenvalue weighted by Gasteiger charge is -2.38. The molecule has 39 heavy (non-hydrogen) atoms. The molecule has 3 N–H and O–H groups in total. The Hall–Kier alpha value is -3.00. The van der Waals surface area contributed by atoms with Crippen molar-refractivity contribution in [3.05, 3.63) is 48.6 Å². The van der Waals surface area contributed by atoms with Gasteiger partial charge in [0.2, 0.25) is 17.6 Å². The third-order valence-corrected chi connectivity index (χ3v) is 8.32. The molecule has 1 saturated heterocycles. The second-order valence-corrected chi connectivity index (χ2v) is 12.6. The third-order valence-electron chi connectivity index (χ3n) is 8.32. The molecule has 0 bridgehead atoms. The Morgan fingerprint density at radius 2 is 1.82 bits per heavy atom. The van der Waals surface area contributed by atoms with Gasteiger partial charge in [-0.25, -0.2) is 0 Å². The zero-order chi connectivity index (χ0) is 29.0. The summed E-state index contributed by atoms with van der Waals surface area (Å²) in [5, 5.41) is 8.82. The average Bonchev–Trinajstić information content (AvgIpc) is 3.21. The van der Waals surface area contributed by atoms with Gasteiger partial charge in [-0.2, -0.15) is 0 Å². The highest BCUT2D eigenvalue weighted by atomic mass is 16.2. The number of rotatable bonds is 13. The molecule has 1 aromatic carbocycles. The summed E-state index contributed by atoms with van der Waals surface area (Å²) in [7, 11) is 0. The molecule has 3 rings (SSSR count). The highest BCUT2D eigenvalue weighted by Gasteiger charge is 2.69. The average molecular weight is 539 g/mol. The molecular weight excluding hydrogens is 492 g/mol. The van der Waals surface area contributed by atoms with Crippen molar-refractivity contribution in [1.29, 1.82) is 0 Å². The van der Waals surface area contributed by atoms with Crippen LogP contribution in [0.25, 0.3) is 0 Å². The van der Waals surface area contributed by atoms with Crippen molar-refractivity contribution in [3.8, 4) is 0 Å². The van der Waals surface area contributed by atoms with E-state index in [-0.39, 0.29) is 41.0 Å². The lowest BCUT2D eigenvalue weighted by Crippen LogP contribution is -2.60. The van der Waals surface area contributed by atoms with Crippen LogP contribution in [0.4, 0.5) is 0 Å². The Bertz CT molecular complexity index is 1060. The monoisotopic (exact) mass is 538 g/mol. The maximum atomic E-state index is 14.0. The zero-order valence-corrected chi connectivity index (χ0v) is 24.4. The number of nitrogens with one attached hydrogen (secondary N) is 3. The molecule has 8 nitrogen and oxygen atoms in total. The van der Waals surface area contributed by atoms with Gasteiger partial charge in [0.25, 0.3) is 5.91 Å². The smallest absolute Gasteiger partial charge is 0.289 e. The van der Waals surface area contributed by atoms with Crippen LogP contribution in [0.15, 0.2) is 43.0 Å². The van der Waals surface area contributed by atoms with Crippen molar-refractivity contribution < 1.29 is 19.2 Å². The number of carbonyl (C=O) groups is 4. The summed E-state index contributed by atoms with van der Waals surface area (Å²) < 4.78 is 0. The van der Waals surface area contributed by atoms with E-state index in [9.17, 15) is 19.2 Å². The number of hydrogen-bond acceptors (Lipinski definition) is 5. The van der Waals surface area contributed by atoms with Crippen molar-refractivity contribution in [3.63, 3.8) is 0 Å². The van der Waals surface area contributed by atoms with E-state index in [1.54, 1.807) is 4.90 Å². The van der Waals surface area contributed by atoms with Gasteiger partial charge < -0.3 is 20.9 Å². The molecule has 3 amide bonds. The Labute approximate surface area is 233 Å². The maximum absolute atomic E-state index is 14.0. The number of carbonyl (C=O) groups excluding carboxylic acids is 4. The molecule has 214 valence electrons. The standard InChI is InChI=1S/C31H46N4O4/c1-8-13-22(25(36)28(38)33-17-9-2)34-27(37)24-23-21(31(23,6)7)19-35(24)29(39)26(30(3,4)5)32-18-16-20-14-11-10-12-15-20/h9-12,14-15,21-24,26,32H,2,8,13,16-19H2,1,3-7H3,(H,33,38)(H,34,37)/t21-,22?,23-,24?,26?/m1/s1. The van der Waals surface area contributed by atoms with Crippen LogP contribution < -0.4 is 16.0 Å². The first-order valence-corrected chi connectivity index (χ1v) is 14.2. The number of nitrogens with zero attached hydrogens (tertiary/aromatic N) is 1. The normalized spacial score (nSPS) is 22.8. The maximum Gasteiger partial charge on any atom is 0.289 e. The molecular formula is C31H46N4O4. The molecule has 0 radical (unpaired) electrons. The van der Waals surface area contributed by atoms with Gasteiger partial charge in [-0.05, 0) is 47.6 Å². The van der Waals surface area contributed by atoms with Crippen LogP contribution in [0.3, 0.4) is 0 Å². The lowest BCUT2D eigenvalue weighted by molar-refractivity contribution is -0.145. The lowest BCUT2D eigenvalue weighted by atomic mass is 9.85. The summed E-state index contributed by atoms with van der Waals surface area (Å²) in [5.74, 6) is -1.64. The summed E-state index contributed by atoms with van der Waals surface area (Å²) in [5.41, 5.74) is 0.749. The fourth-order valence-electron chi connectivity index (χ4n) is 5.97. The van der Waals surface area contributed by atoms with Crippen LogP contribution in [-0.4, -0.2) is 66.2 Å². The minimum absolute atomic E-state index is 0.0124. The Kier molecular flexibility index (Phi) is 9.75. The van der Waals surface area contributed by atoms with Crippen LogP contribution in [-0.2, 0) is 25.6 Å². The first-order chi connectivity index (χ1) is 18.3. The van der Waals surface area contributed by atoms with Crippen LogP contribution in [0.1, 0.15) is 59.9 Å². The quantitative estimate of drug-likeness (QED) is 0.264. The summed E-state index contributed by atoms with van der Waals surface area (Å²) in [4.78, 5) is 54.7. The fourth-order valence-corrected chi connectivity index (χ4v) is 5.97. The highest BCUT2D eigenvalue weighted by Crippen LogP contribution is 2.65. The van der Waals surface area contributed by atoms with E-state index in [2.05, 4.69) is 48.5 Å². The van der Waals surface area contributed by atoms with E-state index in [4.69, 9.17) is 0 Å². The van der Waals surface area contributed by atoms with Crippen molar-refractivity contribution in [2.75, 3.05) is 19.6 Å². The Morgan fingerprint density at radius 1 is 1.15 bits per heavy atom. The zero-order valence-electron chi connectivity index (χ0n) is 24.4. The predicted molar refractivity (Wildman–Crippen MR) is 153 cm³/mol. The molecule has 2 fully saturated rings. The molecule has 8 heteroatoms. The molecule has 3 unspecified atom stereocenters. The van der Waals surface area contributed by atoms with E-state index in [0.717, 1.165) is 6.42 Å². The van der Waals surface area contributed by atoms with E-state index >= 15 is 0 Å². The summed E-state index contributed by atoms with van der Waals surface area (Å²) in [6.45, 7) is 17.1. The van der Waals surface area contributed by atoms with Gasteiger partial charge in [0, 0.05) is 13.1 Å². The van der Waals surface area contributed by atoms with Crippen LogP contribution in [0, 0.1) is 22.7 Å². The topological polar surface area (TPSA) is 108 Å². The molecule has 1 saturated carbocycles. The third kappa shape index (κ3) is 6.96. The predicted octanol–water partition coefficient (Wildman–Crippen LogP) is 2.87. The molecule has 1 heterocycles. The molecule has 0 spiro atoms. The molecule has 1 aromatic rings. The fraction of sp³-hybridized carbons (Fsp3) is 0.613. The minimum Gasteiger partial charge on any atom is -0.346 e. The SMILES string of the molecule is C=CCNC(=O)C(=O)C(CCC)NC(=O)C1[C@H]2[C@@H](CN1C(=O)C(NCCc1ccccc1)C(C)(C)C)C2(C)C. The first-order valence-electron chi connectivity index (χ1n) is 14.2. The van der Waals surface area contributed by atoms with Gasteiger partial charge in [0.05, 0.1) is 12.1 Å². The molecule has 1 aliphatic heterocycles. The summed E-state index contributed by atoms with van der Waals surface area (Å²) in [6, 6.07) is 8.03. The number of ketones is 1. The number of fused-ring (bicyclic) bond motifs is 1. The molecule has 2 aliphatic rings. The second kappa shape index (κ2) is 12.5. The van der Waals surface area contributed by atoms with E-state index in [0.29, 0.717) is 25.9 Å². The second-order valence-electron chi connectivity index (χ2n) is 12.6. The molecule has 1 aliphatic carbocycles. The van der Waals surface area contributed by atoms with Gasteiger partial charge in [-0.15, -0.1) is 6.58 Å². The summed E-state index contributed by atoms with van der Waals surface area (Å²) in [6.07, 6.45) is 3.25. The largest absolute Gasteiger partial charge is 0.346 e. The van der Waals surface area contributed by atoms with Crippen molar-refractivity contribution in [2.24, 2.45) is 22.7 Å².